The normalized spacial score (nSPS) is 20.5. The zero-order valence-corrected chi connectivity index (χ0v) is 12.7. The van der Waals surface area contributed by atoms with Crippen molar-refractivity contribution in [2.75, 3.05) is 18.0 Å². The smallest absolute Gasteiger partial charge is 0.173 e. The van der Waals surface area contributed by atoms with Crippen LogP contribution in [0.4, 0.5) is 5.82 Å². The number of nitrogens with two attached hydrogens (primary N) is 1. The molecule has 1 aromatic heterocycles. The molecule has 1 fully saturated rings. The molecule has 5 heteroatoms. The van der Waals surface area contributed by atoms with Gasteiger partial charge in [-0.05, 0) is 36.8 Å². The van der Waals surface area contributed by atoms with Gasteiger partial charge in [0.05, 0.1) is 5.56 Å². The molecule has 3 N–H and O–H groups in total. The highest BCUT2D eigenvalue weighted by Crippen LogP contribution is 2.36. The van der Waals surface area contributed by atoms with Gasteiger partial charge in [0.2, 0.25) is 0 Å². The number of oxime groups is 1. The largest absolute Gasteiger partial charge is 0.409 e. The summed E-state index contributed by atoms with van der Waals surface area (Å²) in [6.07, 6.45) is 1.15. The topological polar surface area (TPSA) is 74.7 Å². The molecule has 1 atom stereocenters. The van der Waals surface area contributed by atoms with Crippen LogP contribution in [0.2, 0.25) is 0 Å². The van der Waals surface area contributed by atoms with E-state index in [1.165, 1.54) is 0 Å². The van der Waals surface area contributed by atoms with Gasteiger partial charge in [-0.25, -0.2) is 4.98 Å². The van der Waals surface area contributed by atoms with Crippen molar-refractivity contribution in [3.05, 3.63) is 23.4 Å². The van der Waals surface area contributed by atoms with Gasteiger partial charge in [0, 0.05) is 18.8 Å². The van der Waals surface area contributed by atoms with E-state index >= 15 is 0 Å². The van der Waals surface area contributed by atoms with Gasteiger partial charge in [0.1, 0.15) is 5.82 Å². The highest BCUT2D eigenvalue weighted by atomic mass is 16.4. The van der Waals surface area contributed by atoms with Gasteiger partial charge in [0.25, 0.3) is 0 Å². The molecule has 1 saturated heterocycles. The van der Waals surface area contributed by atoms with Crippen LogP contribution in [0.25, 0.3) is 0 Å². The molecule has 2 heterocycles. The maximum absolute atomic E-state index is 8.92. The van der Waals surface area contributed by atoms with E-state index in [-0.39, 0.29) is 11.3 Å². The summed E-state index contributed by atoms with van der Waals surface area (Å²) in [7, 11) is 0. The minimum absolute atomic E-state index is 0.117. The van der Waals surface area contributed by atoms with Crippen molar-refractivity contribution in [2.24, 2.45) is 22.2 Å². The first-order valence-corrected chi connectivity index (χ1v) is 7.03. The molecule has 0 amide bonds. The zero-order valence-electron chi connectivity index (χ0n) is 12.7. The van der Waals surface area contributed by atoms with Crippen LogP contribution >= 0.6 is 0 Å². The van der Waals surface area contributed by atoms with Crippen LogP contribution in [0.5, 0.6) is 0 Å². The van der Waals surface area contributed by atoms with Crippen molar-refractivity contribution >= 4 is 11.7 Å². The third-order valence-corrected chi connectivity index (χ3v) is 4.11. The molecule has 1 aromatic rings. The Kier molecular flexibility index (Phi) is 3.88. The van der Waals surface area contributed by atoms with E-state index < -0.39 is 0 Å². The number of anilines is 1. The van der Waals surface area contributed by atoms with Crippen molar-refractivity contribution < 1.29 is 5.21 Å². The second-order valence-electron chi connectivity index (χ2n) is 6.61. The number of aryl methyl sites for hydroxylation is 1. The second-order valence-corrected chi connectivity index (χ2v) is 6.61. The monoisotopic (exact) mass is 276 g/mol. The molecular formula is C15H24N4O. The molecule has 110 valence electrons. The van der Waals surface area contributed by atoms with E-state index in [4.69, 9.17) is 10.9 Å². The predicted molar refractivity (Wildman–Crippen MR) is 81.3 cm³/mol. The first kappa shape index (κ1) is 14.6. The number of amidine groups is 1. The van der Waals surface area contributed by atoms with Gasteiger partial charge in [-0.15, -0.1) is 0 Å². The predicted octanol–water partition coefficient (Wildman–Crippen LogP) is 2.36. The number of aromatic nitrogens is 1. The summed E-state index contributed by atoms with van der Waals surface area (Å²) < 4.78 is 0. The summed E-state index contributed by atoms with van der Waals surface area (Å²) in [6, 6.07) is 3.76. The van der Waals surface area contributed by atoms with E-state index in [1.807, 2.05) is 19.1 Å². The Morgan fingerprint density at radius 2 is 2.15 bits per heavy atom. The number of rotatable bonds is 2. The van der Waals surface area contributed by atoms with Gasteiger partial charge in [0.15, 0.2) is 5.84 Å². The summed E-state index contributed by atoms with van der Waals surface area (Å²) in [6.45, 7) is 10.7. The van der Waals surface area contributed by atoms with E-state index in [2.05, 4.69) is 35.8 Å². The van der Waals surface area contributed by atoms with E-state index in [9.17, 15) is 0 Å². The Morgan fingerprint density at radius 1 is 1.45 bits per heavy atom. The molecular weight excluding hydrogens is 252 g/mol. The molecule has 1 aliphatic rings. The van der Waals surface area contributed by atoms with Crippen molar-refractivity contribution in [1.82, 2.24) is 4.98 Å². The Bertz CT molecular complexity index is 519. The van der Waals surface area contributed by atoms with Crippen LogP contribution in [-0.4, -0.2) is 29.1 Å². The second kappa shape index (κ2) is 5.31. The van der Waals surface area contributed by atoms with Gasteiger partial charge >= 0.3 is 0 Å². The van der Waals surface area contributed by atoms with Crippen LogP contribution in [-0.2, 0) is 0 Å². The molecule has 0 aromatic carbocycles. The SMILES string of the molecule is Cc1ccc(/C(N)=N/O)c(N2CCC(C(C)(C)C)C2)n1. The summed E-state index contributed by atoms with van der Waals surface area (Å²) in [4.78, 5) is 6.84. The summed E-state index contributed by atoms with van der Waals surface area (Å²) in [5.41, 5.74) is 7.69. The lowest BCUT2D eigenvalue weighted by Gasteiger charge is -2.27. The van der Waals surface area contributed by atoms with Crippen molar-refractivity contribution in [2.45, 2.75) is 34.1 Å². The van der Waals surface area contributed by atoms with E-state index in [1.54, 1.807) is 0 Å². The van der Waals surface area contributed by atoms with E-state index in [0.29, 0.717) is 11.5 Å². The first-order valence-electron chi connectivity index (χ1n) is 7.03. The Balaban J connectivity index is 2.32. The Labute approximate surface area is 120 Å². The van der Waals surface area contributed by atoms with Crippen molar-refractivity contribution in [3.63, 3.8) is 0 Å². The molecule has 1 unspecified atom stereocenters. The molecule has 1 aliphatic heterocycles. The number of hydrogen-bond donors (Lipinski definition) is 2. The average Bonchev–Trinajstić information content (AvgIpc) is 2.87. The summed E-state index contributed by atoms with van der Waals surface area (Å²) in [5, 5.41) is 12.0. The van der Waals surface area contributed by atoms with Crippen molar-refractivity contribution in [1.29, 1.82) is 0 Å². The molecule has 0 bridgehead atoms. The standard InChI is InChI=1S/C15H24N4O/c1-10-5-6-12(13(16)18-20)14(17-10)19-8-7-11(9-19)15(2,3)4/h5-6,11,20H,7-9H2,1-4H3,(H2,16,18). The highest BCUT2D eigenvalue weighted by molar-refractivity contribution is 6.01. The third kappa shape index (κ3) is 2.86. The first-order chi connectivity index (χ1) is 9.32. The highest BCUT2D eigenvalue weighted by Gasteiger charge is 2.33. The average molecular weight is 276 g/mol. The third-order valence-electron chi connectivity index (χ3n) is 4.11. The minimum Gasteiger partial charge on any atom is -0.409 e. The van der Waals surface area contributed by atoms with Crippen LogP contribution in [0.15, 0.2) is 17.3 Å². The van der Waals surface area contributed by atoms with Crippen LogP contribution in [0.1, 0.15) is 38.4 Å². The Hall–Kier alpha value is -1.78. The quantitative estimate of drug-likeness (QED) is 0.376. The number of nitrogens with zero attached hydrogens (tertiary/aromatic N) is 3. The Morgan fingerprint density at radius 3 is 2.70 bits per heavy atom. The number of hydrogen-bond acceptors (Lipinski definition) is 4. The van der Waals surface area contributed by atoms with E-state index in [0.717, 1.165) is 31.0 Å². The molecule has 0 saturated carbocycles. The van der Waals surface area contributed by atoms with Crippen LogP contribution < -0.4 is 10.6 Å². The molecule has 0 radical (unpaired) electrons. The molecule has 0 spiro atoms. The number of pyridine rings is 1. The van der Waals surface area contributed by atoms with Crippen LogP contribution in [0, 0.1) is 18.3 Å². The summed E-state index contributed by atoms with van der Waals surface area (Å²) >= 11 is 0. The van der Waals surface area contributed by atoms with Crippen molar-refractivity contribution in [3.8, 4) is 0 Å². The molecule has 5 nitrogen and oxygen atoms in total. The minimum atomic E-state index is 0.117. The fourth-order valence-corrected chi connectivity index (χ4v) is 2.70. The lowest BCUT2D eigenvalue weighted by Crippen LogP contribution is -2.28. The molecule has 20 heavy (non-hydrogen) atoms. The van der Waals surface area contributed by atoms with Crippen LogP contribution in [0.3, 0.4) is 0 Å². The van der Waals surface area contributed by atoms with Gasteiger partial charge in [-0.1, -0.05) is 25.9 Å². The maximum Gasteiger partial charge on any atom is 0.173 e. The fraction of sp³-hybridized carbons (Fsp3) is 0.600. The van der Waals surface area contributed by atoms with Gasteiger partial charge < -0.3 is 15.8 Å². The summed E-state index contributed by atoms with van der Waals surface area (Å²) in [5.74, 6) is 1.57. The lowest BCUT2D eigenvalue weighted by molar-refractivity contribution is 0.263. The molecule has 0 aliphatic carbocycles. The van der Waals surface area contributed by atoms with Gasteiger partial charge in [-0.3, -0.25) is 0 Å². The van der Waals surface area contributed by atoms with Gasteiger partial charge in [-0.2, -0.15) is 0 Å². The zero-order chi connectivity index (χ0) is 14.9. The lowest BCUT2D eigenvalue weighted by atomic mass is 9.80. The molecule has 2 rings (SSSR count). The fourth-order valence-electron chi connectivity index (χ4n) is 2.70. The maximum atomic E-state index is 8.92.